The van der Waals surface area contributed by atoms with Crippen LogP contribution in [-0.4, -0.2) is 42.7 Å². The molecular formula is C15H25N5O3S. The summed E-state index contributed by atoms with van der Waals surface area (Å²) >= 11 is 0. The summed E-state index contributed by atoms with van der Waals surface area (Å²) in [6.07, 6.45) is 7.86. The zero-order valence-corrected chi connectivity index (χ0v) is 14.6. The van der Waals surface area contributed by atoms with Crippen molar-refractivity contribution in [2.45, 2.75) is 49.1 Å². The molecular weight excluding hydrogens is 330 g/mol. The summed E-state index contributed by atoms with van der Waals surface area (Å²) in [6, 6.07) is 0.339. The standard InChI is InChI=1S/C15H25N5O3S/c1-20-9-13(7-17-20)24(22,23)18-8-14(21)19-15-10-3-2-4-11(15)6-12(16)5-10/h7,9-12,15,18H,2-6,8,16H2,1H3,(H,19,21). The third kappa shape index (κ3) is 3.79. The molecule has 2 bridgehead atoms. The van der Waals surface area contributed by atoms with E-state index in [1.165, 1.54) is 23.5 Å². The van der Waals surface area contributed by atoms with E-state index in [0.29, 0.717) is 11.8 Å². The molecule has 2 saturated carbocycles. The second-order valence-electron chi connectivity index (χ2n) is 6.95. The normalized spacial score (nSPS) is 30.1. The molecule has 9 heteroatoms. The SMILES string of the molecule is Cn1cc(S(=O)(=O)NCC(=O)NC2C3CCCC2CC(N)C3)cn1. The van der Waals surface area contributed by atoms with Crippen LogP contribution in [0.2, 0.25) is 0 Å². The van der Waals surface area contributed by atoms with Gasteiger partial charge in [-0.05, 0) is 37.5 Å². The quantitative estimate of drug-likeness (QED) is 0.671. The van der Waals surface area contributed by atoms with Crippen molar-refractivity contribution in [2.75, 3.05) is 6.54 Å². The third-order valence-corrected chi connectivity index (χ3v) is 6.47. The Morgan fingerprint density at radius 3 is 2.62 bits per heavy atom. The fourth-order valence-corrected chi connectivity index (χ4v) is 5.01. The van der Waals surface area contributed by atoms with Crippen molar-refractivity contribution in [3.63, 3.8) is 0 Å². The van der Waals surface area contributed by atoms with E-state index >= 15 is 0 Å². The minimum Gasteiger partial charge on any atom is -0.352 e. The maximum atomic E-state index is 12.2. The van der Waals surface area contributed by atoms with Crippen LogP contribution in [0.1, 0.15) is 32.1 Å². The van der Waals surface area contributed by atoms with E-state index in [1.54, 1.807) is 7.05 Å². The Balaban J connectivity index is 1.56. The fraction of sp³-hybridized carbons (Fsp3) is 0.733. The number of fused-ring (bicyclic) bond motifs is 2. The molecule has 1 heterocycles. The number of sulfonamides is 1. The van der Waals surface area contributed by atoms with Crippen LogP contribution in [0.3, 0.4) is 0 Å². The van der Waals surface area contributed by atoms with Gasteiger partial charge in [0.05, 0.1) is 12.7 Å². The van der Waals surface area contributed by atoms with Gasteiger partial charge in [0, 0.05) is 25.3 Å². The fourth-order valence-electron chi connectivity index (χ4n) is 4.04. The van der Waals surface area contributed by atoms with Crippen molar-refractivity contribution in [1.82, 2.24) is 19.8 Å². The van der Waals surface area contributed by atoms with Crippen molar-refractivity contribution >= 4 is 15.9 Å². The highest BCUT2D eigenvalue weighted by molar-refractivity contribution is 7.89. The van der Waals surface area contributed by atoms with Gasteiger partial charge in [0.25, 0.3) is 0 Å². The summed E-state index contributed by atoms with van der Waals surface area (Å²) in [4.78, 5) is 12.3. The van der Waals surface area contributed by atoms with Crippen molar-refractivity contribution in [3.05, 3.63) is 12.4 Å². The monoisotopic (exact) mass is 355 g/mol. The third-order valence-electron chi connectivity index (χ3n) is 5.12. The molecule has 8 nitrogen and oxygen atoms in total. The summed E-state index contributed by atoms with van der Waals surface area (Å²) in [7, 11) is -2.08. The molecule has 2 aliphatic carbocycles. The number of nitrogens with zero attached hydrogens (tertiary/aromatic N) is 2. The second kappa shape index (κ2) is 6.81. The molecule has 1 aromatic rings. The molecule has 134 valence electrons. The van der Waals surface area contributed by atoms with E-state index in [4.69, 9.17) is 5.73 Å². The van der Waals surface area contributed by atoms with Crippen LogP contribution < -0.4 is 15.8 Å². The lowest BCUT2D eigenvalue weighted by molar-refractivity contribution is -0.122. The van der Waals surface area contributed by atoms with E-state index in [2.05, 4.69) is 15.1 Å². The number of rotatable bonds is 5. The molecule has 1 amide bonds. The van der Waals surface area contributed by atoms with Crippen LogP contribution >= 0.6 is 0 Å². The zero-order valence-electron chi connectivity index (χ0n) is 13.8. The smallest absolute Gasteiger partial charge is 0.244 e. The Kier molecular flexibility index (Phi) is 4.93. The molecule has 0 saturated heterocycles. The topological polar surface area (TPSA) is 119 Å². The molecule has 2 atom stereocenters. The highest BCUT2D eigenvalue weighted by atomic mass is 32.2. The predicted octanol–water partition coefficient (Wildman–Crippen LogP) is -0.279. The summed E-state index contributed by atoms with van der Waals surface area (Å²) in [5.41, 5.74) is 6.09. The van der Waals surface area contributed by atoms with Crippen LogP contribution in [0, 0.1) is 11.8 Å². The maximum absolute atomic E-state index is 12.2. The van der Waals surface area contributed by atoms with Gasteiger partial charge in [-0.1, -0.05) is 6.42 Å². The predicted molar refractivity (Wildman–Crippen MR) is 88.4 cm³/mol. The van der Waals surface area contributed by atoms with E-state index in [0.717, 1.165) is 25.7 Å². The average Bonchev–Trinajstić information content (AvgIpc) is 2.94. The molecule has 0 spiro atoms. The van der Waals surface area contributed by atoms with E-state index in [9.17, 15) is 13.2 Å². The first-order valence-electron chi connectivity index (χ1n) is 8.38. The lowest BCUT2D eigenvalue weighted by Crippen LogP contribution is -2.55. The number of carbonyl (C=O) groups is 1. The number of aryl methyl sites for hydroxylation is 1. The van der Waals surface area contributed by atoms with E-state index in [1.807, 2.05) is 0 Å². The van der Waals surface area contributed by atoms with Gasteiger partial charge in [0.1, 0.15) is 4.90 Å². The molecule has 0 aromatic carbocycles. The molecule has 0 aliphatic heterocycles. The van der Waals surface area contributed by atoms with Gasteiger partial charge < -0.3 is 11.1 Å². The number of aromatic nitrogens is 2. The van der Waals surface area contributed by atoms with Crippen molar-refractivity contribution in [3.8, 4) is 0 Å². The second-order valence-corrected chi connectivity index (χ2v) is 8.72. The lowest BCUT2D eigenvalue weighted by atomic mass is 9.67. The molecule has 2 fully saturated rings. The highest BCUT2D eigenvalue weighted by Crippen LogP contribution is 2.39. The summed E-state index contributed by atoms with van der Waals surface area (Å²) in [5.74, 6) is 0.526. The Bertz CT molecular complexity index is 688. The molecule has 2 unspecified atom stereocenters. The van der Waals surface area contributed by atoms with Gasteiger partial charge in [0.15, 0.2) is 0 Å². The Morgan fingerprint density at radius 1 is 1.38 bits per heavy atom. The van der Waals surface area contributed by atoms with Crippen molar-refractivity contribution < 1.29 is 13.2 Å². The number of amides is 1. The molecule has 4 N–H and O–H groups in total. The van der Waals surface area contributed by atoms with Crippen LogP contribution in [0.4, 0.5) is 0 Å². The average molecular weight is 355 g/mol. The highest BCUT2D eigenvalue weighted by Gasteiger charge is 2.39. The van der Waals surface area contributed by atoms with Crippen molar-refractivity contribution in [1.29, 1.82) is 0 Å². The Labute approximate surface area is 142 Å². The van der Waals surface area contributed by atoms with Gasteiger partial charge in [-0.3, -0.25) is 9.48 Å². The summed E-state index contributed by atoms with van der Waals surface area (Å²) in [5, 5.41) is 6.86. The molecule has 3 rings (SSSR count). The zero-order chi connectivity index (χ0) is 17.3. The maximum Gasteiger partial charge on any atom is 0.244 e. The summed E-state index contributed by atoms with van der Waals surface area (Å²) < 4.78 is 28.0. The number of hydrogen-bond donors (Lipinski definition) is 3. The van der Waals surface area contributed by atoms with Gasteiger partial charge in [-0.15, -0.1) is 0 Å². The van der Waals surface area contributed by atoms with Gasteiger partial charge in [-0.25, -0.2) is 13.1 Å². The van der Waals surface area contributed by atoms with Crippen LogP contribution in [0.25, 0.3) is 0 Å². The molecule has 1 aromatic heterocycles. The Morgan fingerprint density at radius 2 is 2.04 bits per heavy atom. The van der Waals surface area contributed by atoms with E-state index < -0.39 is 10.0 Å². The summed E-state index contributed by atoms with van der Waals surface area (Å²) in [6.45, 7) is -0.265. The molecule has 2 aliphatic rings. The number of nitrogens with one attached hydrogen (secondary N) is 2. The Hall–Kier alpha value is -1.45. The number of carbonyl (C=O) groups excluding carboxylic acids is 1. The minimum atomic E-state index is -3.72. The first-order valence-corrected chi connectivity index (χ1v) is 9.87. The first kappa shape index (κ1) is 17.4. The van der Waals surface area contributed by atoms with Gasteiger partial charge in [0.2, 0.25) is 15.9 Å². The van der Waals surface area contributed by atoms with Crippen molar-refractivity contribution in [2.24, 2.45) is 24.6 Å². The minimum absolute atomic E-state index is 0.0540. The van der Waals surface area contributed by atoms with Gasteiger partial charge in [-0.2, -0.15) is 5.10 Å². The van der Waals surface area contributed by atoms with Crippen LogP contribution in [0.5, 0.6) is 0 Å². The largest absolute Gasteiger partial charge is 0.352 e. The van der Waals surface area contributed by atoms with E-state index in [-0.39, 0.29) is 29.4 Å². The number of hydrogen-bond acceptors (Lipinski definition) is 5. The van der Waals surface area contributed by atoms with Crippen LogP contribution in [-0.2, 0) is 21.9 Å². The molecule has 0 radical (unpaired) electrons. The number of nitrogens with two attached hydrogens (primary N) is 1. The molecule has 24 heavy (non-hydrogen) atoms. The lowest BCUT2D eigenvalue weighted by Gasteiger charge is -2.45. The van der Waals surface area contributed by atoms with Gasteiger partial charge >= 0.3 is 0 Å². The van der Waals surface area contributed by atoms with Crippen LogP contribution in [0.15, 0.2) is 17.3 Å². The first-order chi connectivity index (χ1) is 11.3.